The zero-order chi connectivity index (χ0) is 21.3. The molecule has 0 radical (unpaired) electrons. The van der Waals surface area contributed by atoms with Crippen LogP contribution in [0.2, 0.25) is 0 Å². The lowest BCUT2D eigenvalue weighted by atomic mass is 10.1. The number of aliphatic imine (C=N–C) groups is 1. The van der Waals surface area contributed by atoms with Crippen LogP contribution in [0.4, 0.5) is 11.4 Å². The van der Waals surface area contributed by atoms with Crippen molar-refractivity contribution in [2.45, 2.75) is 26.9 Å². The summed E-state index contributed by atoms with van der Waals surface area (Å²) in [5, 5.41) is 10.8. The fourth-order valence-corrected chi connectivity index (χ4v) is 2.83. The van der Waals surface area contributed by atoms with Crippen molar-refractivity contribution < 1.29 is 14.4 Å². The van der Waals surface area contributed by atoms with Gasteiger partial charge in [0.15, 0.2) is 11.5 Å². The molecule has 0 aliphatic rings. The van der Waals surface area contributed by atoms with Gasteiger partial charge in [-0.3, -0.25) is 15.1 Å². The largest absolute Gasteiger partial charge is 0.490 e. The third-order valence-electron chi connectivity index (χ3n) is 4.52. The number of nitro benzene ring substituents is 1. The van der Waals surface area contributed by atoms with E-state index in [1.165, 1.54) is 17.7 Å². The van der Waals surface area contributed by atoms with Gasteiger partial charge < -0.3 is 9.47 Å². The second-order valence-corrected chi connectivity index (χ2v) is 6.63. The van der Waals surface area contributed by atoms with Crippen molar-refractivity contribution in [3.05, 3.63) is 93.5 Å². The molecular formula is C24H24N2O4. The molecule has 30 heavy (non-hydrogen) atoms. The van der Waals surface area contributed by atoms with E-state index in [0.717, 1.165) is 23.2 Å². The van der Waals surface area contributed by atoms with Crippen molar-refractivity contribution in [3.63, 3.8) is 0 Å². The molecule has 6 nitrogen and oxygen atoms in total. The van der Waals surface area contributed by atoms with Crippen LogP contribution < -0.4 is 9.47 Å². The topological polar surface area (TPSA) is 74.0 Å². The lowest BCUT2D eigenvalue weighted by Crippen LogP contribution is -2.00. The van der Waals surface area contributed by atoms with Gasteiger partial charge in [0.2, 0.25) is 0 Å². The number of nitro groups is 1. The Bertz CT molecular complexity index is 1010. The third kappa shape index (κ3) is 5.67. The van der Waals surface area contributed by atoms with Crippen molar-refractivity contribution in [2.75, 3.05) is 6.61 Å². The summed E-state index contributed by atoms with van der Waals surface area (Å²) >= 11 is 0. The Morgan fingerprint density at radius 3 is 2.23 bits per heavy atom. The number of ether oxygens (including phenoxy) is 2. The highest BCUT2D eigenvalue weighted by molar-refractivity contribution is 5.83. The van der Waals surface area contributed by atoms with E-state index in [0.29, 0.717) is 18.1 Å². The van der Waals surface area contributed by atoms with Crippen LogP contribution in [0.25, 0.3) is 0 Å². The van der Waals surface area contributed by atoms with Crippen LogP contribution in [0.1, 0.15) is 30.5 Å². The molecule has 0 unspecified atom stereocenters. The smallest absolute Gasteiger partial charge is 0.269 e. The van der Waals surface area contributed by atoms with E-state index in [1.54, 1.807) is 18.3 Å². The molecule has 0 amide bonds. The Morgan fingerprint density at radius 1 is 0.900 bits per heavy atom. The van der Waals surface area contributed by atoms with Gasteiger partial charge in [0.05, 0.1) is 17.2 Å². The van der Waals surface area contributed by atoms with Crippen LogP contribution in [0.5, 0.6) is 11.5 Å². The number of benzene rings is 3. The molecule has 3 aromatic carbocycles. The minimum atomic E-state index is -0.420. The summed E-state index contributed by atoms with van der Waals surface area (Å²) in [4.78, 5) is 14.9. The van der Waals surface area contributed by atoms with Gasteiger partial charge in [-0.25, -0.2) is 0 Å². The first-order valence-electron chi connectivity index (χ1n) is 9.85. The first-order chi connectivity index (χ1) is 14.6. The maximum Gasteiger partial charge on any atom is 0.269 e. The fraction of sp³-hybridized carbons (Fsp3) is 0.208. The molecule has 0 heterocycles. The quantitative estimate of drug-likeness (QED) is 0.253. The minimum Gasteiger partial charge on any atom is -0.490 e. The van der Waals surface area contributed by atoms with E-state index in [4.69, 9.17) is 9.47 Å². The summed E-state index contributed by atoms with van der Waals surface area (Å²) in [6.45, 7) is 4.83. The summed E-state index contributed by atoms with van der Waals surface area (Å²) in [7, 11) is 0. The Morgan fingerprint density at radius 2 is 1.60 bits per heavy atom. The lowest BCUT2D eigenvalue weighted by molar-refractivity contribution is -0.384. The van der Waals surface area contributed by atoms with Gasteiger partial charge in [0, 0.05) is 18.3 Å². The number of hydrogen-bond acceptors (Lipinski definition) is 5. The molecule has 154 valence electrons. The van der Waals surface area contributed by atoms with Crippen molar-refractivity contribution in [1.29, 1.82) is 0 Å². The van der Waals surface area contributed by atoms with E-state index in [9.17, 15) is 10.1 Å². The van der Waals surface area contributed by atoms with Gasteiger partial charge in [-0.15, -0.1) is 0 Å². The maximum absolute atomic E-state index is 10.8. The Balaban J connectivity index is 1.70. The van der Waals surface area contributed by atoms with Crippen LogP contribution >= 0.6 is 0 Å². The maximum atomic E-state index is 10.8. The van der Waals surface area contributed by atoms with Crippen LogP contribution in [0.3, 0.4) is 0 Å². The standard InChI is InChI=1S/C24H24N2O4/c1-3-18-5-10-21(11-6-18)25-16-20-9-14-23(24(15-20)29-4-2)30-17-19-7-12-22(13-8-19)26(27)28/h5-16H,3-4,17H2,1-2H3. The predicted molar refractivity (Wildman–Crippen MR) is 118 cm³/mol. The van der Waals surface area contributed by atoms with Gasteiger partial charge in [-0.1, -0.05) is 19.1 Å². The van der Waals surface area contributed by atoms with Gasteiger partial charge >= 0.3 is 0 Å². The molecule has 0 saturated heterocycles. The minimum absolute atomic E-state index is 0.0572. The molecule has 0 fully saturated rings. The van der Waals surface area contributed by atoms with Crippen LogP contribution in [0.15, 0.2) is 71.7 Å². The van der Waals surface area contributed by atoms with Crippen molar-refractivity contribution in [3.8, 4) is 11.5 Å². The molecule has 0 aliphatic heterocycles. The van der Waals surface area contributed by atoms with E-state index < -0.39 is 4.92 Å². The predicted octanol–water partition coefficient (Wildman–Crippen LogP) is 5.89. The van der Waals surface area contributed by atoms with Crippen molar-refractivity contribution in [2.24, 2.45) is 4.99 Å². The highest BCUT2D eigenvalue weighted by Gasteiger charge is 2.08. The van der Waals surface area contributed by atoms with Crippen molar-refractivity contribution >= 4 is 17.6 Å². The average Bonchev–Trinajstić information content (AvgIpc) is 2.78. The zero-order valence-corrected chi connectivity index (χ0v) is 17.1. The van der Waals surface area contributed by atoms with Crippen LogP contribution in [-0.4, -0.2) is 17.7 Å². The highest BCUT2D eigenvalue weighted by Crippen LogP contribution is 2.29. The average molecular weight is 404 g/mol. The fourth-order valence-electron chi connectivity index (χ4n) is 2.83. The van der Waals surface area contributed by atoms with E-state index in [1.807, 2.05) is 37.3 Å². The summed E-state index contributed by atoms with van der Waals surface area (Å²) < 4.78 is 11.6. The number of aryl methyl sites for hydroxylation is 1. The monoisotopic (exact) mass is 404 g/mol. The zero-order valence-electron chi connectivity index (χ0n) is 17.1. The Labute approximate surface area is 176 Å². The summed E-state index contributed by atoms with van der Waals surface area (Å²) in [5.74, 6) is 1.24. The molecular weight excluding hydrogens is 380 g/mol. The number of nitrogens with zero attached hydrogens (tertiary/aromatic N) is 2. The van der Waals surface area contributed by atoms with Crippen LogP contribution in [-0.2, 0) is 13.0 Å². The molecule has 0 atom stereocenters. The lowest BCUT2D eigenvalue weighted by Gasteiger charge is -2.12. The summed E-state index contributed by atoms with van der Waals surface area (Å²) in [6.07, 6.45) is 2.80. The SMILES string of the molecule is CCOc1cc(C=Nc2ccc(CC)cc2)ccc1OCc1ccc([N+](=O)[O-])cc1. The van der Waals surface area contributed by atoms with E-state index >= 15 is 0 Å². The normalized spacial score (nSPS) is 10.9. The molecule has 0 saturated carbocycles. The third-order valence-corrected chi connectivity index (χ3v) is 4.52. The van der Waals surface area contributed by atoms with E-state index in [2.05, 4.69) is 24.0 Å². The summed E-state index contributed by atoms with van der Waals surface area (Å²) in [6, 6.07) is 20.1. The molecule has 3 aromatic rings. The van der Waals surface area contributed by atoms with Gasteiger partial charge in [0.1, 0.15) is 6.61 Å². The molecule has 0 aromatic heterocycles. The molecule has 0 bridgehead atoms. The number of rotatable bonds is 9. The van der Waals surface area contributed by atoms with Crippen molar-refractivity contribution in [1.82, 2.24) is 0 Å². The summed E-state index contributed by atoms with van der Waals surface area (Å²) in [5.41, 5.74) is 3.97. The highest BCUT2D eigenvalue weighted by atomic mass is 16.6. The molecule has 0 aliphatic carbocycles. The van der Waals surface area contributed by atoms with Crippen LogP contribution in [0, 0.1) is 10.1 Å². The Hall–Kier alpha value is -3.67. The van der Waals surface area contributed by atoms with E-state index in [-0.39, 0.29) is 12.3 Å². The van der Waals surface area contributed by atoms with Gasteiger partial charge in [-0.2, -0.15) is 0 Å². The molecule has 0 spiro atoms. The molecule has 3 rings (SSSR count). The number of hydrogen-bond donors (Lipinski definition) is 0. The molecule has 0 N–H and O–H groups in total. The second kappa shape index (κ2) is 10.2. The first-order valence-corrected chi connectivity index (χ1v) is 9.85. The number of non-ortho nitro benzene ring substituents is 1. The Kier molecular flexibility index (Phi) is 7.16. The first kappa shape index (κ1) is 21.0. The molecule has 6 heteroatoms. The second-order valence-electron chi connectivity index (χ2n) is 6.63. The van der Waals surface area contributed by atoms with Gasteiger partial charge in [0.25, 0.3) is 5.69 Å². The van der Waals surface area contributed by atoms with Gasteiger partial charge in [-0.05, 0) is 72.5 Å².